The molecule has 0 spiro atoms. The third-order valence-electron chi connectivity index (χ3n) is 5.05. The van der Waals surface area contributed by atoms with Crippen LogP contribution in [0.5, 0.6) is 0 Å². The second kappa shape index (κ2) is 9.71. The van der Waals surface area contributed by atoms with Crippen molar-refractivity contribution in [2.24, 2.45) is 10.9 Å². The summed E-state index contributed by atoms with van der Waals surface area (Å²) in [6, 6.07) is 6.90. The van der Waals surface area contributed by atoms with E-state index in [0.29, 0.717) is 6.54 Å². The van der Waals surface area contributed by atoms with E-state index in [-0.39, 0.29) is 35.2 Å². The van der Waals surface area contributed by atoms with Crippen LogP contribution in [0.25, 0.3) is 0 Å². The summed E-state index contributed by atoms with van der Waals surface area (Å²) in [5.41, 5.74) is 1.10. The lowest BCUT2D eigenvalue weighted by atomic mass is 9.74. The molecule has 0 amide bonds. The van der Waals surface area contributed by atoms with E-state index < -0.39 is 0 Å². The number of aliphatic imine (C=N–C) groups is 1. The predicted octanol–water partition coefficient (Wildman–Crippen LogP) is 3.46. The van der Waals surface area contributed by atoms with Crippen molar-refractivity contribution in [3.05, 3.63) is 35.6 Å². The zero-order chi connectivity index (χ0) is 16.8. The van der Waals surface area contributed by atoms with Gasteiger partial charge < -0.3 is 15.4 Å². The average molecular weight is 461 g/mol. The van der Waals surface area contributed by atoms with Gasteiger partial charge in [-0.25, -0.2) is 4.39 Å². The highest BCUT2D eigenvalue weighted by Crippen LogP contribution is 2.35. The molecule has 0 atom stereocenters. The minimum atomic E-state index is -0.191. The monoisotopic (exact) mass is 461 g/mol. The molecule has 1 aliphatic heterocycles. The summed E-state index contributed by atoms with van der Waals surface area (Å²) in [5, 5.41) is 6.78. The standard InChI is InChI=1S/C19H28FN3O.HI/c1-2-21-18(22-13-15-3-4-15)23-14-19(9-11-24-12-10-19)16-5-7-17(20)8-6-16;/h5-8,15H,2-4,9-14H2,1H3,(H2,21,22,23);1H. The summed E-state index contributed by atoms with van der Waals surface area (Å²) < 4.78 is 18.9. The first kappa shape index (κ1) is 20.4. The summed E-state index contributed by atoms with van der Waals surface area (Å²) in [4.78, 5) is 4.85. The van der Waals surface area contributed by atoms with Crippen LogP contribution in [0, 0.1) is 11.7 Å². The summed E-state index contributed by atoms with van der Waals surface area (Å²) in [5.74, 6) is 1.50. The molecule has 3 rings (SSSR count). The Labute approximate surface area is 167 Å². The number of nitrogens with zero attached hydrogens (tertiary/aromatic N) is 1. The Morgan fingerprint density at radius 1 is 1.20 bits per heavy atom. The van der Waals surface area contributed by atoms with E-state index in [2.05, 4.69) is 17.6 Å². The van der Waals surface area contributed by atoms with E-state index in [9.17, 15) is 4.39 Å². The maximum absolute atomic E-state index is 13.3. The number of nitrogens with one attached hydrogen (secondary N) is 2. The Balaban J connectivity index is 0.00000225. The largest absolute Gasteiger partial charge is 0.381 e. The van der Waals surface area contributed by atoms with Gasteiger partial charge in [0.1, 0.15) is 5.82 Å². The fourth-order valence-electron chi connectivity index (χ4n) is 3.24. The topological polar surface area (TPSA) is 45.7 Å². The van der Waals surface area contributed by atoms with Crippen LogP contribution >= 0.6 is 24.0 Å². The number of guanidine groups is 1. The summed E-state index contributed by atoms with van der Waals surface area (Å²) in [6.07, 6.45) is 4.49. The SMILES string of the molecule is CCNC(=NCC1(c2ccc(F)cc2)CCOCC1)NCC1CC1.I. The van der Waals surface area contributed by atoms with Gasteiger partial charge in [-0.2, -0.15) is 0 Å². The summed E-state index contributed by atoms with van der Waals surface area (Å²) >= 11 is 0. The molecular weight excluding hydrogens is 432 g/mol. The number of benzene rings is 1. The molecule has 4 nitrogen and oxygen atoms in total. The molecule has 1 saturated heterocycles. The molecule has 2 fully saturated rings. The molecule has 25 heavy (non-hydrogen) atoms. The Bertz CT molecular complexity index is 554. The van der Waals surface area contributed by atoms with Gasteiger partial charge in [0, 0.05) is 31.7 Å². The molecule has 0 aromatic heterocycles. The summed E-state index contributed by atoms with van der Waals surface area (Å²) in [7, 11) is 0. The van der Waals surface area contributed by atoms with Crippen LogP contribution in [-0.2, 0) is 10.2 Å². The average Bonchev–Trinajstić information content (AvgIpc) is 3.43. The smallest absolute Gasteiger partial charge is 0.191 e. The fourth-order valence-corrected chi connectivity index (χ4v) is 3.24. The van der Waals surface area contributed by atoms with Crippen LogP contribution in [-0.4, -0.2) is 38.8 Å². The second-order valence-electron chi connectivity index (χ2n) is 6.92. The van der Waals surface area contributed by atoms with Crippen molar-refractivity contribution < 1.29 is 9.13 Å². The van der Waals surface area contributed by atoms with Gasteiger partial charge >= 0.3 is 0 Å². The van der Waals surface area contributed by atoms with Crippen molar-refractivity contribution >= 4 is 29.9 Å². The van der Waals surface area contributed by atoms with Crippen molar-refractivity contribution in [3.63, 3.8) is 0 Å². The van der Waals surface area contributed by atoms with Gasteiger partial charge in [0.25, 0.3) is 0 Å². The van der Waals surface area contributed by atoms with Crippen molar-refractivity contribution in [2.45, 2.75) is 38.0 Å². The molecule has 1 aromatic rings. The van der Waals surface area contributed by atoms with E-state index in [1.54, 1.807) is 12.1 Å². The van der Waals surface area contributed by atoms with Gasteiger partial charge in [0.05, 0.1) is 6.54 Å². The van der Waals surface area contributed by atoms with Crippen LogP contribution in [0.15, 0.2) is 29.3 Å². The van der Waals surface area contributed by atoms with E-state index in [1.807, 2.05) is 12.1 Å². The lowest BCUT2D eigenvalue weighted by molar-refractivity contribution is 0.0531. The maximum Gasteiger partial charge on any atom is 0.191 e. The van der Waals surface area contributed by atoms with E-state index >= 15 is 0 Å². The predicted molar refractivity (Wildman–Crippen MR) is 110 cm³/mol. The molecule has 1 aromatic carbocycles. The zero-order valence-electron chi connectivity index (χ0n) is 14.9. The lowest BCUT2D eigenvalue weighted by Gasteiger charge is -2.36. The van der Waals surface area contributed by atoms with Crippen LogP contribution in [0.1, 0.15) is 38.2 Å². The molecule has 1 saturated carbocycles. The molecule has 2 aliphatic rings. The summed E-state index contributed by atoms with van der Waals surface area (Å²) in [6.45, 7) is 6.10. The molecule has 0 unspecified atom stereocenters. The molecule has 0 bridgehead atoms. The van der Waals surface area contributed by atoms with Crippen LogP contribution in [0.3, 0.4) is 0 Å². The van der Waals surface area contributed by atoms with Crippen molar-refractivity contribution in [1.82, 2.24) is 10.6 Å². The van der Waals surface area contributed by atoms with Gasteiger partial charge in [0.2, 0.25) is 0 Å². The third-order valence-corrected chi connectivity index (χ3v) is 5.05. The van der Waals surface area contributed by atoms with Crippen molar-refractivity contribution in [3.8, 4) is 0 Å². The first-order chi connectivity index (χ1) is 11.7. The van der Waals surface area contributed by atoms with E-state index in [0.717, 1.165) is 56.6 Å². The Kier molecular flexibility index (Phi) is 7.93. The normalized spacial score (nSPS) is 19.8. The Morgan fingerprint density at radius 2 is 1.88 bits per heavy atom. The Morgan fingerprint density at radius 3 is 2.48 bits per heavy atom. The van der Waals surface area contributed by atoms with Gasteiger partial charge in [-0.3, -0.25) is 4.99 Å². The highest BCUT2D eigenvalue weighted by atomic mass is 127. The van der Waals surface area contributed by atoms with Crippen LogP contribution in [0.4, 0.5) is 4.39 Å². The molecule has 1 heterocycles. The van der Waals surface area contributed by atoms with Crippen LogP contribution < -0.4 is 10.6 Å². The maximum atomic E-state index is 13.3. The number of ether oxygens (including phenoxy) is 1. The van der Waals surface area contributed by atoms with Crippen molar-refractivity contribution in [2.75, 3.05) is 32.8 Å². The van der Waals surface area contributed by atoms with E-state index in [1.165, 1.54) is 12.8 Å². The number of halogens is 2. The minimum absolute atomic E-state index is 0. The number of hydrogen-bond donors (Lipinski definition) is 2. The van der Waals surface area contributed by atoms with Gasteiger partial charge in [-0.05, 0) is 56.2 Å². The highest BCUT2D eigenvalue weighted by Gasteiger charge is 2.34. The van der Waals surface area contributed by atoms with E-state index in [4.69, 9.17) is 9.73 Å². The first-order valence-electron chi connectivity index (χ1n) is 9.08. The molecular formula is C19H29FIN3O. The zero-order valence-corrected chi connectivity index (χ0v) is 17.2. The third kappa shape index (κ3) is 5.81. The molecule has 0 radical (unpaired) electrons. The number of hydrogen-bond acceptors (Lipinski definition) is 2. The second-order valence-corrected chi connectivity index (χ2v) is 6.92. The quantitative estimate of drug-likeness (QED) is 0.388. The van der Waals surface area contributed by atoms with Gasteiger partial charge in [-0.1, -0.05) is 12.1 Å². The molecule has 140 valence electrons. The molecule has 6 heteroatoms. The van der Waals surface area contributed by atoms with Crippen LogP contribution in [0.2, 0.25) is 0 Å². The fraction of sp³-hybridized carbons (Fsp3) is 0.632. The first-order valence-corrected chi connectivity index (χ1v) is 9.08. The van der Waals surface area contributed by atoms with Gasteiger partial charge in [-0.15, -0.1) is 24.0 Å². The lowest BCUT2D eigenvalue weighted by Crippen LogP contribution is -2.41. The highest BCUT2D eigenvalue weighted by molar-refractivity contribution is 14.0. The number of rotatable bonds is 6. The Hall–Kier alpha value is -0.890. The van der Waals surface area contributed by atoms with Crippen molar-refractivity contribution in [1.29, 1.82) is 0 Å². The molecule has 1 aliphatic carbocycles. The van der Waals surface area contributed by atoms with Gasteiger partial charge in [0.15, 0.2) is 5.96 Å². The minimum Gasteiger partial charge on any atom is -0.381 e. The molecule has 2 N–H and O–H groups in total.